The van der Waals surface area contributed by atoms with Crippen LogP contribution in [0.15, 0.2) is 54.7 Å². The summed E-state index contributed by atoms with van der Waals surface area (Å²) in [6, 6.07) is 17.0. The molecule has 3 aromatic rings. The number of nitrogens with zero attached hydrogens (tertiary/aromatic N) is 2. The topological polar surface area (TPSA) is 59.6 Å². The van der Waals surface area contributed by atoms with Crippen LogP contribution in [-0.2, 0) is 23.2 Å². The van der Waals surface area contributed by atoms with Gasteiger partial charge in [0.25, 0.3) is 0 Å². The fourth-order valence-electron chi connectivity index (χ4n) is 4.85. The van der Waals surface area contributed by atoms with Gasteiger partial charge in [0, 0.05) is 36.7 Å². The smallest absolute Gasteiger partial charge is 0.237 e. The van der Waals surface area contributed by atoms with Gasteiger partial charge in [0.15, 0.2) is 0 Å². The maximum Gasteiger partial charge on any atom is 0.237 e. The van der Waals surface area contributed by atoms with Crippen LogP contribution in [0.5, 0.6) is 0 Å². The second-order valence-electron chi connectivity index (χ2n) is 11.4. The van der Waals surface area contributed by atoms with Gasteiger partial charge < -0.3 is 15.0 Å². The Balaban J connectivity index is 1.77. The summed E-state index contributed by atoms with van der Waals surface area (Å²) < 4.78 is 0. The van der Waals surface area contributed by atoms with E-state index in [4.69, 9.17) is 0 Å². The molecule has 0 saturated heterocycles. The summed E-state index contributed by atoms with van der Waals surface area (Å²) in [6.45, 7) is 13.9. The van der Waals surface area contributed by atoms with Gasteiger partial charge in [0.2, 0.25) is 5.91 Å². The molecule has 0 aliphatic rings. The summed E-state index contributed by atoms with van der Waals surface area (Å²) in [4.78, 5) is 21.2. The van der Waals surface area contributed by atoms with Crippen LogP contribution in [-0.4, -0.2) is 58.1 Å². The van der Waals surface area contributed by atoms with Crippen molar-refractivity contribution >= 4 is 16.8 Å². The standard InChI is InChI=1S/C32H47N3O2/c1-6-8-19-34(23-28(36)11-7-2)24-31(37)35(22-25-14-16-27(17-15-25)32(3,4)5)20-18-26-21-33-30-13-10-9-12-29(26)30/h9-10,12-17,21,28,33,36H,6-8,11,18-20,22-24H2,1-5H3. The first-order valence-electron chi connectivity index (χ1n) is 14.0. The zero-order chi connectivity index (χ0) is 26.8. The van der Waals surface area contributed by atoms with E-state index in [1.807, 2.05) is 11.0 Å². The van der Waals surface area contributed by atoms with Crippen LogP contribution < -0.4 is 0 Å². The average molecular weight is 506 g/mol. The summed E-state index contributed by atoms with van der Waals surface area (Å²) in [7, 11) is 0. The van der Waals surface area contributed by atoms with E-state index in [1.165, 1.54) is 16.5 Å². The van der Waals surface area contributed by atoms with Gasteiger partial charge in [-0.25, -0.2) is 0 Å². The lowest BCUT2D eigenvalue weighted by atomic mass is 9.87. The lowest BCUT2D eigenvalue weighted by molar-refractivity contribution is -0.133. The van der Waals surface area contributed by atoms with Crippen LogP contribution in [0.1, 0.15) is 77.0 Å². The summed E-state index contributed by atoms with van der Waals surface area (Å²) in [5.74, 6) is 0.125. The highest BCUT2D eigenvalue weighted by Crippen LogP contribution is 2.23. The Morgan fingerprint density at radius 1 is 1.00 bits per heavy atom. The molecule has 0 aliphatic carbocycles. The molecule has 1 aromatic heterocycles. The number of amides is 1. The predicted octanol–water partition coefficient (Wildman–Crippen LogP) is 6.30. The van der Waals surface area contributed by atoms with E-state index < -0.39 is 0 Å². The van der Waals surface area contributed by atoms with Crippen molar-refractivity contribution in [2.75, 3.05) is 26.2 Å². The molecule has 37 heavy (non-hydrogen) atoms. The van der Waals surface area contributed by atoms with Gasteiger partial charge >= 0.3 is 0 Å². The number of rotatable bonds is 14. The average Bonchev–Trinajstić information content (AvgIpc) is 3.28. The third-order valence-electron chi connectivity index (χ3n) is 7.15. The molecule has 1 heterocycles. The Morgan fingerprint density at radius 3 is 2.41 bits per heavy atom. The summed E-state index contributed by atoms with van der Waals surface area (Å²) >= 11 is 0. The monoisotopic (exact) mass is 505 g/mol. The minimum atomic E-state index is -0.390. The maximum absolute atomic E-state index is 13.7. The van der Waals surface area contributed by atoms with E-state index in [1.54, 1.807) is 0 Å². The Hall–Kier alpha value is -2.63. The molecule has 5 heteroatoms. The number of fused-ring (bicyclic) bond motifs is 1. The number of aliphatic hydroxyl groups is 1. The van der Waals surface area contributed by atoms with Crippen molar-refractivity contribution in [3.63, 3.8) is 0 Å². The number of aliphatic hydroxyl groups excluding tert-OH is 1. The van der Waals surface area contributed by atoms with E-state index in [-0.39, 0.29) is 17.4 Å². The third-order valence-corrected chi connectivity index (χ3v) is 7.15. The highest BCUT2D eigenvalue weighted by atomic mass is 16.3. The molecule has 202 valence electrons. The molecule has 1 atom stereocenters. The maximum atomic E-state index is 13.7. The fourth-order valence-corrected chi connectivity index (χ4v) is 4.85. The van der Waals surface area contributed by atoms with Gasteiger partial charge in [-0.05, 0) is 54.0 Å². The van der Waals surface area contributed by atoms with Crippen molar-refractivity contribution in [2.45, 2.75) is 84.8 Å². The van der Waals surface area contributed by atoms with Gasteiger partial charge in [0.05, 0.1) is 12.6 Å². The summed E-state index contributed by atoms with van der Waals surface area (Å²) in [5, 5.41) is 11.7. The molecule has 0 radical (unpaired) electrons. The molecule has 0 fully saturated rings. The number of unbranched alkanes of at least 4 members (excludes halogenated alkanes) is 1. The minimum absolute atomic E-state index is 0.0997. The number of para-hydroxylation sites is 1. The number of hydrogen-bond donors (Lipinski definition) is 2. The van der Waals surface area contributed by atoms with Crippen LogP contribution in [0.2, 0.25) is 0 Å². The lowest BCUT2D eigenvalue weighted by Gasteiger charge is -2.29. The zero-order valence-corrected chi connectivity index (χ0v) is 23.6. The van der Waals surface area contributed by atoms with E-state index in [2.05, 4.69) is 93.2 Å². The molecule has 1 unspecified atom stereocenters. The molecule has 1 amide bonds. The Labute approximate surface area is 223 Å². The largest absolute Gasteiger partial charge is 0.392 e. The second-order valence-corrected chi connectivity index (χ2v) is 11.4. The SMILES string of the molecule is CCCCN(CC(=O)N(CCc1c[nH]c2ccccc12)Cc1ccc(C(C)(C)C)cc1)CC(O)CCC. The van der Waals surface area contributed by atoms with Crippen LogP contribution in [0.25, 0.3) is 10.9 Å². The van der Waals surface area contributed by atoms with Crippen molar-refractivity contribution in [2.24, 2.45) is 0 Å². The first-order chi connectivity index (χ1) is 17.7. The molecule has 2 aromatic carbocycles. The highest BCUT2D eigenvalue weighted by Gasteiger charge is 2.21. The van der Waals surface area contributed by atoms with Crippen molar-refractivity contribution in [1.82, 2.24) is 14.8 Å². The molecule has 0 spiro atoms. The van der Waals surface area contributed by atoms with E-state index in [9.17, 15) is 9.90 Å². The summed E-state index contributed by atoms with van der Waals surface area (Å²) in [5.41, 5.74) is 4.90. The van der Waals surface area contributed by atoms with Crippen LogP contribution in [0.3, 0.4) is 0 Å². The van der Waals surface area contributed by atoms with Gasteiger partial charge in [-0.1, -0.05) is 89.9 Å². The Morgan fingerprint density at radius 2 is 1.73 bits per heavy atom. The molecule has 0 saturated carbocycles. The second kappa shape index (κ2) is 13.8. The first-order valence-corrected chi connectivity index (χ1v) is 14.0. The summed E-state index contributed by atoms with van der Waals surface area (Å²) in [6.07, 6.45) is 6.27. The Bertz CT molecular complexity index is 1100. The molecule has 3 rings (SSSR count). The molecule has 2 N–H and O–H groups in total. The van der Waals surface area contributed by atoms with Gasteiger partial charge in [-0.15, -0.1) is 0 Å². The van der Waals surface area contributed by atoms with Crippen molar-refractivity contribution < 1.29 is 9.90 Å². The molecule has 0 aliphatic heterocycles. The van der Waals surface area contributed by atoms with E-state index >= 15 is 0 Å². The molecule has 0 bridgehead atoms. The highest BCUT2D eigenvalue weighted by molar-refractivity contribution is 5.83. The lowest BCUT2D eigenvalue weighted by Crippen LogP contribution is -2.43. The first kappa shape index (κ1) is 28.9. The number of nitrogens with one attached hydrogen (secondary N) is 1. The third kappa shape index (κ3) is 8.72. The fraction of sp³-hybridized carbons (Fsp3) is 0.531. The van der Waals surface area contributed by atoms with Crippen molar-refractivity contribution in [3.05, 3.63) is 71.4 Å². The van der Waals surface area contributed by atoms with Gasteiger partial charge in [0.1, 0.15) is 0 Å². The number of H-pyrrole nitrogens is 1. The van der Waals surface area contributed by atoms with Crippen LogP contribution in [0, 0.1) is 0 Å². The normalized spacial score (nSPS) is 12.8. The predicted molar refractivity (Wildman–Crippen MR) is 155 cm³/mol. The Kier molecular flexibility index (Phi) is 10.8. The number of aromatic nitrogens is 1. The van der Waals surface area contributed by atoms with Crippen LogP contribution >= 0.6 is 0 Å². The minimum Gasteiger partial charge on any atom is -0.392 e. The number of carbonyl (C=O) groups is 1. The number of aromatic amines is 1. The molecular weight excluding hydrogens is 458 g/mol. The molecular formula is C32H47N3O2. The van der Waals surface area contributed by atoms with Crippen LogP contribution in [0.4, 0.5) is 0 Å². The van der Waals surface area contributed by atoms with E-state index in [0.29, 0.717) is 26.2 Å². The zero-order valence-electron chi connectivity index (χ0n) is 23.6. The quantitative estimate of drug-likeness (QED) is 0.270. The van der Waals surface area contributed by atoms with Crippen molar-refractivity contribution in [3.8, 4) is 0 Å². The van der Waals surface area contributed by atoms with E-state index in [0.717, 1.165) is 49.7 Å². The van der Waals surface area contributed by atoms with Gasteiger partial charge in [-0.2, -0.15) is 0 Å². The van der Waals surface area contributed by atoms with Crippen molar-refractivity contribution in [1.29, 1.82) is 0 Å². The van der Waals surface area contributed by atoms with Gasteiger partial charge in [-0.3, -0.25) is 9.69 Å². The number of carbonyl (C=O) groups excluding carboxylic acids is 1. The molecule has 5 nitrogen and oxygen atoms in total. The number of benzene rings is 2. The number of hydrogen-bond acceptors (Lipinski definition) is 3.